The Hall–Kier alpha value is -1.80. The molecule has 0 aliphatic heterocycles. The molecule has 0 saturated carbocycles. The number of ether oxygens (including phenoxy) is 1. The van der Waals surface area contributed by atoms with Crippen LogP contribution in [-0.2, 0) is 6.54 Å². The van der Waals surface area contributed by atoms with Gasteiger partial charge in [0.1, 0.15) is 5.56 Å². The second-order valence-corrected chi connectivity index (χ2v) is 6.43. The molecular formula is C14H12ClF3N2O2S. The molecule has 0 aliphatic rings. The molecule has 1 amide bonds. The predicted molar refractivity (Wildman–Crippen MR) is 80.9 cm³/mol. The molecule has 2 rings (SSSR count). The normalized spacial score (nSPS) is 11.3. The molecule has 2 aromatic rings. The van der Waals surface area contributed by atoms with Crippen LogP contribution in [0, 0.1) is 0 Å². The van der Waals surface area contributed by atoms with Gasteiger partial charge in [-0.3, -0.25) is 4.79 Å². The molecule has 0 radical (unpaired) electrons. The van der Waals surface area contributed by atoms with Crippen molar-refractivity contribution in [2.24, 2.45) is 0 Å². The van der Waals surface area contributed by atoms with Crippen LogP contribution in [0.15, 0.2) is 30.5 Å². The van der Waals surface area contributed by atoms with E-state index in [2.05, 4.69) is 9.72 Å². The van der Waals surface area contributed by atoms with E-state index >= 15 is 0 Å². The molecule has 124 valence electrons. The third-order valence-electron chi connectivity index (χ3n) is 2.74. The Bertz CT molecular complexity index is 691. The highest BCUT2D eigenvalue weighted by Crippen LogP contribution is 2.24. The summed E-state index contributed by atoms with van der Waals surface area (Å²) in [6.07, 6.45) is -3.24. The maximum atomic E-state index is 12.4. The van der Waals surface area contributed by atoms with Crippen LogP contribution in [0.2, 0.25) is 4.34 Å². The standard InChI is InChI=1S/C14H12ClF3N2O2S/c1-20(7-9-4-5-11(15)23-9)13(21)10-3-2-6-19-12(10)22-8-14(16,17)18/h2-6H,7-8H2,1H3. The third kappa shape index (κ3) is 5.11. The minimum Gasteiger partial charge on any atom is -0.467 e. The van der Waals surface area contributed by atoms with Gasteiger partial charge >= 0.3 is 6.18 Å². The van der Waals surface area contributed by atoms with Crippen molar-refractivity contribution in [3.8, 4) is 5.88 Å². The molecule has 23 heavy (non-hydrogen) atoms. The summed E-state index contributed by atoms with van der Waals surface area (Å²) in [6, 6.07) is 6.32. The first-order valence-electron chi connectivity index (χ1n) is 6.40. The van der Waals surface area contributed by atoms with Crippen LogP contribution < -0.4 is 4.74 Å². The molecule has 0 aliphatic carbocycles. The Labute approximate surface area is 139 Å². The SMILES string of the molecule is CN(Cc1ccc(Cl)s1)C(=O)c1cccnc1OCC(F)(F)F. The number of rotatable bonds is 5. The Morgan fingerprint density at radius 3 is 2.74 bits per heavy atom. The second-order valence-electron chi connectivity index (χ2n) is 4.63. The number of carbonyl (C=O) groups excluding carboxylic acids is 1. The van der Waals surface area contributed by atoms with Crippen LogP contribution in [-0.4, -0.2) is 35.6 Å². The number of aromatic nitrogens is 1. The summed E-state index contributed by atoms with van der Waals surface area (Å²) in [5, 5.41) is 0. The first-order valence-corrected chi connectivity index (χ1v) is 7.60. The molecule has 0 atom stereocenters. The summed E-state index contributed by atoms with van der Waals surface area (Å²) in [7, 11) is 1.54. The average Bonchev–Trinajstić information content (AvgIpc) is 2.89. The Balaban J connectivity index is 2.12. The van der Waals surface area contributed by atoms with E-state index in [1.807, 2.05) is 0 Å². The maximum Gasteiger partial charge on any atom is 0.422 e. The molecule has 2 heterocycles. The Kier molecular flexibility index (Phi) is 5.48. The van der Waals surface area contributed by atoms with E-state index in [9.17, 15) is 18.0 Å². The summed E-state index contributed by atoms with van der Waals surface area (Å²) >= 11 is 7.15. The zero-order chi connectivity index (χ0) is 17.0. The number of carbonyl (C=O) groups is 1. The number of hydrogen-bond acceptors (Lipinski definition) is 4. The van der Waals surface area contributed by atoms with Gasteiger partial charge in [0, 0.05) is 18.1 Å². The fourth-order valence-corrected chi connectivity index (χ4v) is 2.91. The molecule has 0 unspecified atom stereocenters. The van der Waals surface area contributed by atoms with Gasteiger partial charge in [0.2, 0.25) is 5.88 Å². The van der Waals surface area contributed by atoms with Gasteiger partial charge in [0.25, 0.3) is 5.91 Å². The highest BCUT2D eigenvalue weighted by molar-refractivity contribution is 7.16. The number of nitrogens with zero attached hydrogens (tertiary/aromatic N) is 2. The van der Waals surface area contributed by atoms with Gasteiger partial charge in [-0.15, -0.1) is 11.3 Å². The van der Waals surface area contributed by atoms with Crippen molar-refractivity contribution in [2.75, 3.05) is 13.7 Å². The van der Waals surface area contributed by atoms with Crippen LogP contribution in [0.4, 0.5) is 13.2 Å². The van der Waals surface area contributed by atoms with Crippen molar-refractivity contribution in [1.29, 1.82) is 0 Å². The van der Waals surface area contributed by atoms with Crippen LogP contribution in [0.3, 0.4) is 0 Å². The fraction of sp³-hybridized carbons (Fsp3) is 0.286. The van der Waals surface area contributed by atoms with Crippen molar-refractivity contribution >= 4 is 28.8 Å². The second kappa shape index (κ2) is 7.18. The molecular weight excluding hydrogens is 353 g/mol. The zero-order valence-electron chi connectivity index (χ0n) is 11.9. The lowest BCUT2D eigenvalue weighted by Gasteiger charge is -2.18. The van der Waals surface area contributed by atoms with E-state index < -0.39 is 18.7 Å². The average molecular weight is 365 g/mol. The smallest absolute Gasteiger partial charge is 0.422 e. The van der Waals surface area contributed by atoms with E-state index in [0.29, 0.717) is 4.34 Å². The monoisotopic (exact) mass is 364 g/mol. The molecule has 0 bridgehead atoms. The van der Waals surface area contributed by atoms with Gasteiger partial charge in [0.15, 0.2) is 6.61 Å². The van der Waals surface area contributed by atoms with Gasteiger partial charge in [-0.2, -0.15) is 13.2 Å². The minimum absolute atomic E-state index is 0.0260. The van der Waals surface area contributed by atoms with Crippen molar-refractivity contribution in [1.82, 2.24) is 9.88 Å². The fourth-order valence-electron chi connectivity index (χ4n) is 1.77. The first-order chi connectivity index (χ1) is 10.8. The molecule has 9 heteroatoms. The van der Waals surface area contributed by atoms with E-state index in [-0.39, 0.29) is 18.0 Å². The predicted octanol–water partition coefficient (Wildman–Crippen LogP) is 4.01. The summed E-state index contributed by atoms with van der Waals surface area (Å²) in [6.45, 7) is -1.22. The molecule has 0 spiro atoms. The zero-order valence-corrected chi connectivity index (χ0v) is 13.5. The number of thiophene rings is 1. The lowest BCUT2D eigenvalue weighted by Crippen LogP contribution is -2.27. The van der Waals surface area contributed by atoms with Crippen molar-refractivity contribution < 1.29 is 22.7 Å². The van der Waals surface area contributed by atoms with Crippen LogP contribution >= 0.6 is 22.9 Å². The lowest BCUT2D eigenvalue weighted by molar-refractivity contribution is -0.154. The number of hydrogen-bond donors (Lipinski definition) is 0. The third-order valence-corrected chi connectivity index (χ3v) is 3.96. The first kappa shape index (κ1) is 17.6. The largest absolute Gasteiger partial charge is 0.467 e. The summed E-state index contributed by atoms with van der Waals surface area (Å²) in [5.74, 6) is -0.828. The quantitative estimate of drug-likeness (QED) is 0.805. The van der Waals surface area contributed by atoms with Gasteiger partial charge in [-0.05, 0) is 24.3 Å². The van der Waals surface area contributed by atoms with Gasteiger partial charge in [0.05, 0.1) is 10.9 Å². The minimum atomic E-state index is -4.50. The van der Waals surface area contributed by atoms with Crippen LogP contribution in [0.25, 0.3) is 0 Å². The molecule has 0 aromatic carbocycles. The maximum absolute atomic E-state index is 12.4. The molecule has 0 saturated heterocycles. The Morgan fingerprint density at radius 1 is 1.39 bits per heavy atom. The van der Waals surface area contributed by atoms with E-state index in [1.54, 1.807) is 12.1 Å². The summed E-state index contributed by atoms with van der Waals surface area (Å²) < 4.78 is 42.0. The molecule has 2 aromatic heterocycles. The number of alkyl halides is 3. The van der Waals surface area contributed by atoms with E-state index in [1.165, 1.54) is 41.6 Å². The van der Waals surface area contributed by atoms with E-state index in [0.717, 1.165) is 4.88 Å². The molecule has 0 fully saturated rings. The number of pyridine rings is 1. The van der Waals surface area contributed by atoms with Crippen LogP contribution in [0.5, 0.6) is 5.88 Å². The summed E-state index contributed by atoms with van der Waals surface area (Å²) in [5.41, 5.74) is -0.0260. The van der Waals surface area contributed by atoms with Crippen LogP contribution in [0.1, 0.15) is 15.2 Å². The topological polar surface area (TPSA) is 42.4 Å². The number of amides is 1. The molecule has 4 nitrogen and oxygen atoms in total. The summed E-state index contributed by atoms with van der Waals surface area (Å²) in [4.78, 5) is 18.3. The van der Waals surface area contributed by atoms with Gasteiger partial charge in [-0.25, -0.2) is 4.98 Å². The van der Waals surface area contributed by atoms with Gasteiger partial charge in [-0.1, -0.05) is 11.6 Å². The highest BCUT2D eigenvalue weighted by atomic mass is 35.5. The number of halogens is 4. The lowest BCUT2D eigenvalue weighted by atomic mass is 10.2. The van der Waals surface area contributed by atoms with Crippen molar-refractivity contribution in [3.63, 3.8) is 0 Å². The van der Waals surface area contributed by atoms with Crippen molar-refractivity contribution in [2.45, 2.75) is 12.7 Å². The molecule has 0 N–H and O–H groups in total. The van der Waals surface area contributed by atoms with Crippen molar-refractivity contribution in [3.05, 3.63) is 45.2 Å². The highest BCUT2D eigenvalue weighted by Gasteiger charge is 2.30. The van der Waals surface area contributed by atoms with Gasteiger partial charge < -0.3 is 9.64 Å². The Morgan fingerprint density at radius 2 is 2.13 bits per heavy atom. The van der Waals surface area contributed by atoms with E-state index in [4.69, 9.17) is 11.6 Å².